The molecule has 1 spiro atoms. The number of fused-ring (bicyclic) bond motifs is 3. The second kappa shape index (κ2) is 9.82. The second-order valence-electron chi connectivity index (χ2n) is 10.8. The van der Waals surface area contributed by atoms with Crippen LogP contribution < -0.4 is 10.6 Å². The molecule has 1 saturated heterocycles. The Morgan fingerprint density at radius 3 is 2.62 bits per heavy atom. The Hall–Kier alpha value is -3.94. The van der Waals surface area contributed by atoms with Crippen molar-refractivity contribution in [1.82, 2.24) is 15.2 Å². The first-order valence-corrected chi connectivity index (χ1v) is 13.8. The number of benzene rings is 1. The number of halogens is 6. The molecular weight excluding hydrogens is 586 g/mol. The topological polar surface area (TPSA) is 91.4 Å². The number of piperidine rings is 1. The van der Waals surface area contributed by atoms with Crippen LogP contribution in [0.1, 0.15) is 50.5 Å². The molecule has 6 rings (SSSR count). The minimum Gasteiger partial charge on any atom is -0.340 e. The molecule has 220 valence electrons. The second-order valence-corrected chi connectivity index (χ2v) is 11.9. The van der Waals surface area contributed by atoms with Crippen LogP contribution in [0.3, 0.4) is 0 Å². The number of hydrogen-bond donors (Lipinski definition) is 2. The van der Waals surface area contributed by atoms with E-state index in [2.05, 4.69) is 15.6 Å². The van der Waals surface area contributed by atoms with E-state index in [4.69, 9.17) is 0 Å². The summed E-state index contributed by atoms with van der Waals surface area (Å²) in [5.74, 6) is -7.07. The number of carbonyl (C=O) groups is 3. The molecule has 3 aromatic rings. The third-order valence-electron chi connectivity index (χ3n) is 8.31. The van der Waals surface area contributed by atoms with Gasteiger partial charge >= 0.3 is 6.18 Å². The van der Waals surface area contributed by atoms with Gasteiger partial charge in [-0.05, 0) is 49.6 Å². The van der Waals surface area contributed by atoms with Gasteiger partial charge in [0.05, 0.1) is 10.3 Å². The monoisotopic (exact) mass is 608 g/mol. The summed E-state index contributed by atoms with van der Waals surface area (Å²) in [4.78, 5) is 44.8. The zero-order valence-corrected chi connectivity index (χ0v) is 22.6. The van der Waals surface area contributed by atoms with Crippen molar-refractivity contribution in [2.45, 2.75) is 55.8 Å². The van der Waals surface area contributed by atoms with Gasteiger partial charge in [0.15, 0.2) is 11.6 Å². The fourth-order valence-electron chi connectivity index (χ4n) is 6.31. The Bertz CT molecular complexity index is 1620. The number of thiophene rings is 1. The SMILES string of the molecule is C[C@H]1[C@@H](c2c(F)ccc(F)c2F)C[C@@H](NC(=O)c2cc3c(s2)C[C@]2(C3)C(=O)Nc3ncccc32)C(=O)N1CC(F)(F)F. The molecule has 4 heterocycles. The number of likely N-dealkylation sites (tertiary alicyclic amines) is 1. The summed E-state index contributed by atoms with van der Waals surface area (Å²) in [7, 11) is 0. The number of carbonyl (C=O) groups excluding carboxylic acids is 3. The number of rotatable bonds is 4. The average Bonchev–Trinajstić information content (AvgIpc) is 3.57. The highest BCUT2D eigenvalue weighted by Gasteiger charge is 2.52. The molecule has 14 heteroatoms. The molecule has 3 amide bonds. The summed E-state index contributed by atoms with van der Waals surface area (Å²) >= 11 is 1.09. The summed E-state index contributed by atoms with van der Waals surface area (Å²) < 4.78 is 83.7. The maximum atomic E-state index is 14.7. The standard InChI is InChI=1S/C28H22F6N4O3S/c1-12-14(21-16(29)4-5-17(30)22(21)31)8-18(25(40)38(12)11-28(32,33)34)36-24(39)19-7-13-9-27(10-20(13)42-19)15-3-2-6-35-23(15)37-26(27)41/h2-7,12,14,18H,8-11H2,1H3,(H,36,39)(H,35,37,41)/t12-,14-,18+,27-/m0/s1. The first-order chi connectivity index (χ1) is 19.8. The van der Waals surface area contributed by atoms with E-state index in [1.165, 1.54) is 6.92 Å². The molecule has 0 saturated carbocycles. The van der Waals surface area contributed by atoms with Crippen LogP contribution in [0.2, 0.25) is 0 Å². The van der Waals surface area contributed by atoms with Gasteiger partial charge in [-0.15, -0.1) is 11.3 Å². The van der Waals surface area contributed by atoms with Crippen molar-refractivity contribution in [3.8, 4) is 0 Å². The zero-order valence-electron chi connectivity index (χ0n) is 21.8. The van der Waals surface area contributed by atoms with Crippen LogP contribution in [0.4, 0.5) is 32.2 Å². The predicted molar refractivity (Wildman–Crippen MR) is 138 cm³/mol. The van der Waals surface area contributed by atoms with Crippen molar-refractivity contribution < 1.29 is 40.7 Å². The number of nitrogens with one attached hydrogen (secondary N) is 2. The van der Waals surface area contributed by atoms with Crippen LogP contribution in [0.15, 0.2) is 36.5 Å². The highest BCUT2D eigenvalue weighted by atomic mass is 32.1. The van der Waals surface area contributed by atoms with Crippen LogP contribution in [-0.2, 0) is 27.8 Å². The van der Waals surface area contributed by atoms with E-state index >= 15 is 0 Å². The van der Waals surface area contributed by atoms with Gasteiger partial charge in [0.1, 0.15) is 24.2 Å². The number of alkyl halides is 3. The molecule has 3 aliphatic rings. The molecule has 1 aromatic carbocycles. The van der Waals surface area contributed by atoms with Gasteiger partial charge in [-0.25, -0.2) is 18.2 Å². The summed E-state index contributed by atoms with van der Waals surface area (Å²) in [6.45, 7) is -0.523. The number of aromatic nitrogens is 1. The fraction of sp³-hybridized carbons (Fsp3) is 0.357. The van der Waals surface area contributed by atoms with Crippen LogP contribution in [-0.4, -0.2) is 52.4 Å². The lowest BCUT2D eigenvalue weighted by atomic mass is 9.80. The highest BCUT2D eigenvalue weighted by Crippen LogP contribution is 2.49. The van der Waals surface area contributed by atoms with Crippen molar-refractivity contribution in [3.63, 3.8) is 0 Å². The Morgan fingerprint density at radius 1 is 1.17 bits per heavy atom. The van der Waals surface area contributed by atoms with E-state index in [1.807, 2.05) is 6.07 Å². The summed E-state index contributed by atoms with van der Waals surface area (Å²) in [5, 5.41) is 5.21. The minimum atomic E-state index is -4.84. The number of hydrogen-bond acceptors (Lipinski definition) is 5. The average molecular weight is 609 g/mol. The molecule has 0 bridgehead atoms. The highest BCUT2D eigenvalue weighted by molar-refractivity contribution is 7.14. The molecule has 0 unspecified atom stereocenters. The van der Waals surface area contributed by atoms with E-state index in [0.29, 0.717) is 35.7 Å². The lowest BCUT2D eigenvalue weighted by molar-refractivity contribution is -0.170. The Balaban J connectivity index is 1.26. The van der Waals surface area contributed by atoms with Crippen molar-refractivity contribution in [1.29, 1.82) is 0 Å². The summed E-state index contributed by atoms with van der Waals surface area (Å²) in [6.07, 6.45) is -3.11. The predicted octanol–water partition coefficient (Wildman–Crippen LogP) is 4.61. The van der Waals surface area contributed by atoms with E-state index in [1.54, 1.807) is 18.3 Å². The maximum absolute atomic E-state index is 14.7. The van der Waals surface area contributed by atoms with Crippen molar-refractivity contribution in [2.75, 3.05) is 11.9 Å². The van der Waals surface area contributed by atoms with E-state index in [-0.39, 0.29) is 10.8 Å². The van der Waals surface area contributed by atoms with Crippen LogP contribution in [0.25, 0.3) is 0 Å². The Morgan fingerprint density at radius 2 is 1.90 bits per heavy atom. The lowest BCUT2D eigenvalue weighted by Crippen LogP contribution is -2.59. The molecule has 42 heavy (non-hydrogen) atoms. The largest absolute Gasteiger partial charge is 0.406 e. The van der Waals surface area contributed by atoms with Gasteiger partial charge in [0, 0.05) is 40.6 Å². The third-order valence-corrected chi connectivity index (χ3v) is 9.49. The van der Waals surface area contributed by atoms with Crippen LogP contribution >= 0.6 is 11.3 Å². The van der Waals surface area contributed by atoms with E-state index in [9.17, 15) is 40.7 Å². The Labute approximate surface area is 238 Å². The van der Waals surface area contributed by atoms with Gasteiger partial charge in [0.2, 0.25) is 11.8 Å². The summed E-state index contributed by atoms with van der Waals surface area (Å²) in [6, 6.07) is 3.42. The number of pyridine rings is 1. The minimum absolute atomic E-state index is 0.160. The van der Waals surface area contributed by atoms with Crippen molar-refractivity contribution in [2.24, 2.45) is 0 Å². The molecule has 2 N–H and O–H groups in total. The first-order valence-electron chi connectivity index (χ1n) is 13.0. The van der Waals surface area contributed by atoms with Gasteiger partial charge < -0.3 is 15.5 Å². The molecule has 0 radical (unpaired) electrons. The van der Waals surface area contributed by atoms with E-state index < -0.39 is 77.4 Å². The quantitative estimate of drug-likeness (QED) is 0.334. The smallest absolute Gasteiger partial charge is 0.340 e. The first kappa shape index (κ1) is 28.2. The number of amides is 3. The lowest BCUT2D eigenvalue weighted by Gasteiger charge is -2.43. The molecule has 1 fully saturated rings. The van der Waals surface area contributed by atoms with Crippen molar-refractivity contribution in [3.05, 3.63) is 80.4 Å². The molecular formula is C28H22F6N4O3S. The van der Waals surface area contributed by atoms with Crippen LogP contribution in [0.5, 0.6) is 0 Å². The molecule has 4 atom stereocenters. The molecule has 2 aromatic heterocycles. The van der Waals surface area contributed by atoms with Gasteiger partial charge in [0.25, 0.3) is 5.91 Å². The third kappa shape index (κ3) is 4.52. The van der Waals surface area contributed by atoms with Crippen molar-refractivity contribution >= 4 is 34.9 Å². The number of nitrogens with zero attached hydrogens (tertiary/aromatic N) is 2. The molecule has 7 nitrogen and oxygen atoms in total. The fourth-order valence-corrected chi connectivity index (χ4v) is 7.51. The molecule has 1 aliphatic carbocycles. The Kier molecular flexibility index (Phi) is 6.59. The number of anilines is 1. The van der Waals surface area contributed by atoms with E-state index in [0.717, 1.165) is 27.3 Å². The van der Waals surface area contributed by atoms with Gasteiger partial charge in [-0.1, -0.05) is 6.07 Å². The normalized spacial score (nSPS) is 25.0. The summed E-state index contributed by atoms with van der Waals surface area (Å²) in [5.41, 5.74) is -0.161. The van der Waals surface area contributed by atoms with Gasteiger partial charge in [-0.3, -0.25) is 14.4 Å². The zero-order chi connectivity index (χ0) is 30.1. The maximum Gasteiger partial charge on any atom is 0.406 e. The van der Waals surface area contributed by atoms with Crippen LogP contribution in [0, 0.1) is 17.5 Å². The van der Waals surface area contributed by atoms with Gasteiger partial charge in [-0.2, -0.15) is 13.2 Å². The molecule has 2 aliphatic heterocycles.